The van der Waals surface area contributed by atoms with Crippen molar-refractivity contribution >= 4 is 23.1 Å². The van der Waals surface area contributed by atoms with Crippen LogP contribution in [0, 0.1) is 52.3 Å². The average Bonchev–Trinajstić information content (AvgIpc) is 3.69. The second-order valence-corrected chi connectivity index (χ2v) is 16.4. The van der Waals surface area contributed by atoms with Gasteiger partial charge >= 0.3 is 5.97 Å². The van der Waals surface area contributed by atoms with Crippen LogP contribution < -0.4 is 11.3 Å². The van der Waals surface area contributed by atoms with Gasteiger partial charge in [-0.3, -0.25) is 14.6 Å². The van der Waals surface area contributed by atoms with Crippen molar-refractivity contribution in [2.75, 3.05) is 12.3 Å². The number of carbonyl (C=O) groups is 1. The predicted molar refractivity (Wildman–Crippen MR) is 177 cm³/mol. The molecule has 0 aliphatic heterocycles. The number of nitrogens with zero attached hydrogens (tertiary/aromatic N) is 3. The molecule has 5 fully saturated rings. The Hall–Kier alpha value is -2.76. The van der Waals surface area contributed by atoms with E-state index >= 15 is 0 Å². The normalized spacial score (nSPS) is 42.1. The number of aromatic amines is 1. The molecule has 47 heavy (non-hydrogen) atoms. The number of nitrogens with two attached hydrogens (primary N) is 1. The van der Waals surface area contributed by atoms with Crippen LogP contribution in [0.5, 0.6) is 0 Å². The summed E-state index contributed by atoms with van der Waals surface area (Å²) in [7, 11) is 0. The number of nitrogen functional groups attached to an aromatic ring is 1. The van der Waals surface area contributed by atoms with E-state index in [0.717, 1.165) is 38.5 Å². The van der Waals surface area contributed by atoms with Gasteiger partial charge in [0.1, 0.15) is 6.61 Å². The lowest BCUT2D eigenvalue weighted by Crippen LogP contribution is -2.58. The lowest BCUT2D eigenvalue weighted by molar-refractivity contribution is -0.175. The highest BCUT2D eigenvalue weighted by Crippen LogP contribution is 2.68. The number of anilines is 1. The Morgan fingerprint density at radius 3 is 2.72 bits per heavy atom. The molecule has 0 spiro atoms. The van der Waals surface area contributed by atoms with E-state index in [0.29, 0.717) is 60.1 Å². The van der Waals surface area contributed by atoms with Crippen LogP contribution in [0.2, 0.25) is 0 Å². The molecule has 11 heteroatoms. The van der Waals surface area contributed by atoms with E-state index in [1.165, 1.54) is 19.2 Å². The Morgan fingerprint density at radius 2 is 1.94 bits per heavy atom. The number of imidazole rings is 1. The zero-order valence-corrected chi connectivity index (χ0v) is 28.1. The number of aromatic nitrogens is 4. The third-order valence-electron chi connectivity index (χ3n) is 14.4. The summed E-state index contributed by atoms with van der Waals surface area (Å²) in [6, 6.07) is -0.354. The maximum absolute atomic E-state index is 13.0. The number of aliphatic hydroxyl groups excluding tert-OH is 3. The topological polar surface area (TPSA) is 177 Å². The molecule has 2 aromatic heterocycles. The van der Waals surface area contributed by atoms with Crippen molar-refractivity contribution in [2.24, 2.45) is 52.3 Å². The minimum atomic E-state index is -0.765. The molecule has 5 aliphatic rings. The monoisotopic (exact) mass is 651 g/mol. The molecule has 5 saturated carbocycles. The van der Waals surface area contributed by atoms with Gasteiger partial charge in [0.2, 0.25) is 5.95 Å². The van der Waals surface area contributed by atoms with Gasteiger partial charge in [0.05, 0.1) is 30.7 Å². The Morgan fingerprint density at radius 1 is 1.15 bits per heavy atom. The summed E-state index contributed by atoms with van der Waals surface area (Å²) >= 11 is 0. The first kappa shape index (κ1) is 32.8. The highest BCUT2D eigenvalue weighted by Gasteiger charge is 2.63. The van der Waals surface area contributed by atoms with Crippen LogP contribution in [-0.2, 0) is 9.53 Å². The van der Waals surface area contributed by atoms with Crippen molar-refractivity contribution in [1.29, 1.82) is 0 Å². The highest BCUT2D eigenvalue weighted by molar-refractivity contribution is 5.71. The fourth-order valence-electron chi connectivity index (χ4n) is 11.7. The zero-order chi connectivity index (χ0) is 33.4. The number of carbonyl (C=O) groups excluding carboxylic acids is 1. The van der Waals surface area contributed by atoms with Crippen LogP contribution in [0.25, 0.3) is 11.2 Å². The molecule has 5 aliphatic carbocycles. The lowest BCUT2D eigenvalue weighted by atomic mass is 9.43. The van der Waals surface area contributed by atoms with E-state index in [9.17, 15) is 24.9 Å². The maximum atomic E-state index is 13.0. The second kappa shape index (κ2) is 12.0. The van der Waals surface area contributed by atoms with Crippen molar-refractivity contribution < 1.29 is 24.9 Å². The standard InChI is InChI=1S/C36H53N5O6/c1-18(24-8-9-25-22-7-6-20-13-21(42)11-12-35(20,3)26(22)14-29(44)36(24,25)4)5-10-30(45)47-16-23-19(2)27(15-28(23)43)41-17-38-31-32(41)39-34(37)40-33(31)46/h17-18,20-29,42-44H,2,5-16H2,1,3-4H3,(H3,37,39,40,46)/t18-,20-,21-,22+,23+,24-,25+,26+,27+,28+,29+,35+,36-/m1/s1. The molecular weight excluding hydrogens is 598 g/mol. The number of fused-ring (bicyclic) bond motifs is 6. The maximum Gasteiger partial charge on any atom is 0.305 e. The molecule has 258 valence electrons. The van der Waals surface area contributed by atoms with E-state index in [4.69, 9.17) is 10.5 Å². The van der Waals surface area contributed by atoms with Gasteiger partial charge in [-0.2, -0.15) is 4.98 Å². The summed E-state index contributed by atoms with van der Waals surface area (Å²) in [5, 5.41) is 33.1. The quantitative estimate of drug-likeness (QED) is 0.218. The molecule has 11 nitrogen and oxygen atoms in total. The molecule has 0 amide bonds. The Balaban J connectivity index is 0.948. The second-order valence-electron chi connectivity index (χ2n) is 16.4. The number of esters is 1. The Kier molecular flexibility index (Phi) is 8.35. The van der Waals surface area contributed by atoms with Crippen LogP contribution in [0.3, 0.4) is 0 Å². The first-order valence-corrected chi connectivity index (χ1v) is 17.9. The molecule has 6 N–H and O–H groups in total. The molecule has 0 saturated heterocycles. The highest BCUT2D eigenvalue weighted by atomic mass is 16.5. The third kappa shape index (κ3) is 5.26. The first-order chi connectivity index (χ1) is 22.3. The third-order valence-corrected chi connectivity index (χ3v) is 14.4. The zero-order valence-electron chi connectivity index (χ0n) is 28.1. The van der Waals surface area contributed by atoms with Gasteiger partial charge in [-0.05, 0) is 116 Å². The summed E-state index contributed by atoms with van der Waals surface area (Å²) in [4.78, 5) is 36.1. The summed E-state index contributed by atoms with van der Waals surface area (Å²) < 4.78 is 7.43. The summed E-state index contributed by atoms with van der Waals surface area (Å²) in [5.74, 6) is 2.10. The van der Waals surface area contributed by atoms with Crippen molar-refractivity contribution in [1.82, 2.24) is 19.5 Å². The van der Waals surface area contributed by atoms with Gasteiger partial charge in [0.15, 0.2) is 11.2 Å². The van der Waals surface area contributed by atoms with Crippen LogP contribution in [0.4, 0.5) is 5.95 Å². The van der Waals surface area contributed by atoms with Crippen LogP contribution >= 0.6 is 0 Å². The summed E-state index contributed by atoms with van der Waals surface area (Å²) in [6.07, 6.45) is 9.90. The van der Waals surface area contributed by atoms with Gasteiger partial charge in [-0.15, -0.1) is 0 Å². The Labute approximate surface area is 276 Å². The average molecular weight is 652 g/mol. The fraction of sp³-hybridized carbons (Fsp3) is 0.778. The number of ether oxygens (including phenoxy) is 1. The Bertz CT molecular complexity index is 1590. The van der Waals surface area contributed by atoms with Crippen molar-refractivity contribution in [3.8, 4) is 0 Å². The van der Waals surface area contributed by atoms with Crippen LogP contribution in [0.15, 0.2) is 23.3 Å². The van der Waals surface area contributed by atoms with Crippen molar-refractivity contribution in [3.05, 3.63) is 28.8 Å². The number of aliphatic hydroxyl groups is 3. The van der Waals surface area contributed by atoms with E-state index in [1.807, 2.05) is 0 Å². The van der Waals surface area contributed by atoms with Crippen LogP contribution in [-0.4, -0.2) is 65.7 Å². The SMILES string of the molecule is C=C1[C@H](COC(=O)CC[C@@H](C)[C@H]2CC[C@H]3[C@@H]4CC[C@@H]5C[C@H](O)CC[C@]5(C)[C@H]4C[C@H](O)[C@]23C)[C@@H](O)C[C@@H]1n1cnc2c(=O)[nH]c(N)nc21. The molecule has 7 rings (SSSR count). The van der Waals surface area contributed by atoms with E-state index in [2.05, 4.69) is 42.3 Å². The molecule has 2 heterocycles. The molecule has 2 aromatic rings. The summed E-state index contributed by atoms with van der Waals surface area (Å²) in [5.41, 5.74) is 6.58. The minimum absolute atomic E-state index is 0.0140. The van der Waals surface area contributed by atoms with Gasteiger partial charge in [-0.25, -0.2) is 4.98 Å². The van der Waals surface area contributed by atoms with E-state index in [-0.39, 0.29) is 59.0 Å². The predicted octanol–water partition coefficient (Wildman–Crippen LogP) is 4.13. The smallest absolute Gasteiger partial charge is 0.305 e. The van der Waals surface area contributed by atoms with Gasteiger partial charge in [0.25, 0.3) is 5.56 Å². The first-order valence-electron chi connectivity index (χ1n) is 17.9. The van der Waals surface area contributed by atoms with E-state index < -0.39 is 17.6 Å². The van der Waals surface area contributed by atoms with Gasteiger partial charge < -0.3 is 30.4 Å². The van der Waals surface area contributed by atoms with Crippen molar-refractivity contribution in [3.63, 3.8) is 0 Å². The van der Waals surface area contributed by atoms with Crippen molar-refractivity contribution in [2.45, 2.75) is 116 Å². The van der Waals surface area contributed by atoms with Gasteiger partial charge in [0, 0.05) is 12.3 Å². The number of nitrogens with one attached hydrogen (secondary N) is 1. The number of H-pyrrole nitrogens is 1. The molecule has 0 radical (unpaired) electrons. The minimum Gasteiger partial charge on any atom is -0.465 e. The molecule has 0 bridgehead atoms. The summed E-state index contributed by atoms with van der Waals surface area (Å²) in [6.45, 7) is 11.3. The lowest BCUT2D eigenvalue weighted by Gasteiger charge is -2.62. The van der Waals surface area contributed by atoms with Crippen LogP contribution in [0.1, 0.15) is 97.4 Å². The fourth-order valence-corrected chi connectivity index (χ4v) is 11.7. The molecule has 0 aromatic carbocycles. The largest absolute Gasteiger partial charge is 0.465 e. The number of hydrogen-bond acceptors (Lipinski definition) is 9. The number of hydrogen-bond donors (Lipinski definition) is 5. The molecule has 13 atom stereocenters. The van der Waals surface area contributed by atoms with Gasteiger partial charge in [-0.1, -0.05) is 27.4 Å². The number of rotatable bonds is 7. The molecular formula is C36H53N5O6. The molecule has 0 unspecified atom stereocenters. The van der Waals surface area contributed by atoms with E-state index in [1.54, 1.807) is 4.57 Å².